The second kappa shape index (κ2) is 11.6. The Morgan fingerprint density at radius 1 is 1.26 bits per heavy atom. The normalized spacial score (nSPS) is 18.3. The number of amides is 1. The standard InChI is InChI=1S/C22H34N4O4.HI/c1-22(2,3)30-21(27)26-11-5-6-17(14-26)13-25-20(23-4)24-10-9-16-7-8-18-19(12-16)29-15-28-18;/h7-8,12,17H,5-6,9-11,13-15H2,1-4H3,(H2,23,24,25);1H. The van der Waals surface area contributed by atoms with Crippen LogP contribution in [0.15, 0.2) is 23.2 Å². The smallest absolute Gasteiger partial charge is 0.410 e. The number of benzene rings is 1. The maximum absolute atomic E-state index is 12.3. The monoisotopic (exact) mass is 546 g/mol. The number of aliphatic imine (C=N–C) groups is 1. The number of nitrogens with one attached hydrogen (secondary N) is 2. The molecule has 9 heteroatoms. The highest BCUT2D eigenvalue weighted by Crippen LogP contribution is 2.32. The van der Waals surface area contributed by atoms with Crippen LogP contribution >= 0.6 is 24.0 Å². The van der Waals surface area contributed by atoms with Crippen molar-refractivity contribution in [2.45, 2.75) is 45.6 Å². The highest BCUT2D eigenvalue weighted by Gasteiger charge is 2.27. The fraction of sp³-hybridized carbons (Fsp3) is 0.636. The van der Waals surface area contributed by atoms with Gasteiger partial charge in [-0.15, -0.1) is 24.0 Å². The van der Waals surface area contributed by atoms with Crippen molar-refractivity contribution in [3.8, 4) is 11.5 Å². The molecule has 0 spiro atoms. The summed E-state index contributed by atoms with van der Waals surface area (Å²) in [5, 5.41) is 6.74. The van der Waals surface area contributed by atoms with Crippen LogP contribution in [0, 0.1) is 5.92 Å². The molecule has 1 fully saturated rings. The van der Waals surface area contributed by atoms with Crippen molar-refractivity contribution < 1.29 is 19.0 Å². The van der Waals surface area contributed by atoms with Crippen LogP contribution in [-0.2, 0) is 11.2 Å². The molecule has 1 aromatic carbocycles. The number of halogens is 1. The van der Waals surface area contributed by atoms with Crippen LogP contribution in [0.5, 0.6) is 11.5 Å². The minimum atomic E-state index is -0.466. The number of rotatable bonds is 5. The van der Waals surface area contributed by atoms with Crippen LogP contribution in [0.3, 0.4) is 0 Å². The molecule has 2 N–H and O–H groups in total. The number of hydrogen-bond donors (Lipinski definition) is 2. The molecule has 0 radical (unpaired) electrons. The Labute approximate surface area is 202 Å². The largest absolute Gasteiger partial charge is 0.454 e. The van der Waals surface area contributed by atoms with Gasteiger partial charge < -0.3 is 29.7 Å². The minimum absolute atomic E-state index is 0. The number of guanidine groups is 1. The number of fused-ring (bicyclic) bond motifs is 1. The first-order chi connectivity index (χ1) is 14.3. The van der Waals surface area contributed by atoms with E-state index in [1.165, 1.54) is 5.56 Å². The Kier molecular flexibility index (Phi) is 9.52. The molecule has 2 aliphatic heterocycles. The third-order valence-corrected chi connectivity index (χ3v) is 5.10. The summed E-state index contributed by atoms with van der Waals surface area (Å²) in [5.41, 5.74) is 0.717. The van der Waals surface area contributed by atoms with Gasteiger partial charge in [-0.05, 0) is 63.6 Å². The summed E-state index contributed by atoms with van der Waals surface area (Å²) in [6.45, 7) is 8.97. The van der Waals surface area contributed by atoms with Gasteiger partial charge in [0.1, 0.15) is 5.60 Å². The van der Waals surface area contributed by atoms with Crippen molar-refractivity contribution in [2.75, 3.05) is 40.0 Å². The molecule has 1 aromatic rings. The van der Waals surface area contributed by atoms with E-state index in [2.05, 4.69) is 21.7 Å². The summed E-state index contributed by atoms with van der Waals surface area (Å²) in [7, 11) is 1.77. The fourth-order valence-corrected chi connectivity index (χ4v) is 3.61. The molecule has 0 aromatic heterocycles. The lowest BCUT2D eigenvalue weighted by Gasteiger charge is -2.34. The summed E-state index contributed by atoms with van der Waals surface area (Å²) in [4.78, 5) is 18.5. The molecule has 31 heavy (non-hydrogen) atoms. The van der Waals surface area contributed by atoms with Gasteiger partial charge in [-0.3, -0.25) is 4.99 Å². The lowest BCUT2D eigenvalue weighted by atomic mass is 9.98. The van der Waals surface area contributed by atoms with E-state index in [4.69, 9.17) is 14.2 Å². The zero-order chi connectivity index (χ0) is 21.6. The van der Waals surface area contributed by atoms with Crippen molar-refractivity contribution >= 4 is 36.0 Å². The predicted molar refractivity (Wildman–Crippen MR) is 132 cm³/mol. The minimum Gasteiger partial charge on any atom is -0.454 e. The molecule has 3 rings (SSSR count). The van der Waals surface area contributed by atoms with Crippen LogP contribution in [0.1, 0.15) is 39.2 Å². The second-order valence-electron chi connectivity index (χ2n) is 8.75. The number of ether oxygens (including phenoxy) is 3. The first-order valence-electron chi connectivity index (χ1n) is 10.6. The third kappa shape index (κ3) is 7.93. The van der Waals surface area contributed by atoms with Crippen molar-refractivity contribution in [3.63, 3.8) is 0 Å². The molecule has 1 unspecified atom stereocenters. The van der Waals surface area contributed by atoms with Gasteiger partial charge in [-0.1, -0.05) is 6.07 Å². The molecule has 0 saturated carbocycles. The summed E-state index contributed by atoms with van der Waals surface area (Å²) in [6, 6.07) is 6.02. The number of hydrogen-bond acceptors (Lipinski definition) is 5. The Bertz CT molecular complexity index is 766. The molecule has 2 aliphatic rings. The molecule has 2 heterocycles. The molecule has 1 amide bonds. The number of likely N-dealkylation sites (tertiary alicyclic amines) is 1. The molecule has 1 saturated heterocycles. The lowest BCUT2D eigenvalue weighted by molar-refractivity contribution is 0.0168. The summed E-state index contributed by atoms with van der Waals surface area (Å²) in [5.74, 6) is 2.75. The Morgan fingerprint density at radius 2 is 2.03 bits per heavy atom. The number of piperidine rings is 1. The maximum atomic E-state index is 12.3. The van der Waals surface area contributed by atoms with Gasteiger partial charge in [0, 0.05) is 33.2 Å². The molecule has 0 bridgehead atoms. The SMILES string of the molecule is CN=C(NCCc1ccc2c(c1)OCO2)NCC1CCCN(C(=O)OC(C)(C)C)C1.I. The molecule has 8 nitrogen and oxygen atoms in total. The topological polar surface area (TPSA) is 84.4 Å². The highest BCUT2D eigenvalue weighted by atomic mass is 127. The third-order valence-electron chi connectivity index (χ3n) is 5.10. The van der Waals surface area contributed by atoms with Crippen LogP contribution in [0.25, 0.3) is 0 Å². The van der Waals surface area contributed by atoms with Crippen molar-refractivity contribution in [1.82, 2.24) is 15.5 Å². The van der Waals surface area contributed by atoms with Crippen molar-refractivity contribution in [3.05, 3.63) is 23.8 Å². The van der Waals surface area contributed by atoms with Crippen LogP contribution in [0.4, 0.5) is 4.79 Å². The van der Waals surface area contributed by atoms with Gasteiger partial charge in [-0.2, -0.15) is 0 Å². The Morgan fingerprint density at radius 3 is 2.77 bits per heavy atom. The molecular weight excluding hydrogens is 511 g/mol. The Hall–Kier alpha value is -1.91. The van der Waals surface area contributed by atoms with Gasteiger partial charge >= 0.3 is 6.09 Å². The van der Waals surface area contributed by atoms with E-state index < -0.39 is 5.60 Å². The van der Waals surface area contributed by atoms with Gasteiger partial charge in [0.2, 0.25) is 6.79 Å². The average Bonchev–Trinajstić information content (AvgIpc) is 3.17. The number of carbonyl (C=O) groups excluding carboxylic acids is 1. The molecule has 1 atom stereocenters. The van der Waals surface area contributed by atoms with Gasteiger partial charge in [0.05, 0.1) is 0 Å². The average molecular weight is 546 g/mol. The van der Waals surface area contributed by atoms with E-state index in [-0.39, 0.29) is 30.1 Å². The number of carbonyl (C=O) groups is 1. The quantitative estimate of drug-likeness (QED) is 0.335. The summed E-state index contributed by atoms with van der Waals surface area (Å²) < 4.78 is 16.3. The second-order valence-corrected chi connectivity index (χ2v) is 8.75. The van der Waals surface area contributed by atoms with Crippen LogP contribution < -0.4 is 20.1 Å². The van der Waals surface area contributed by atoms with Gasteiger partial charge in [-0.25, -0.2) is 4.79 Å². The lowest BCUT2D eigenvalue weighted by Crippen LogP contribution is -2.47. The molecule has 0 aliphatic carbocycles. The highest BCUT2D eigenvalue weighted by molar-refractivity contribution is 14.0. The maximum Gasteiger partial charge on any atom is 0.410 e. The first-order valence-corrected chi connectivity index (χ1v) is 10.6. The zero-order valence-electron chi connectivity index (χ0n) is 18.9. The van der Waals surface area contributed by atoms with E-state index in [0.717, 1.165) is 56.4 Å². The van der Waals surface area contributed by atoms with E-state index in [9.17, 15) is 4.79 Å². The predicted octanol–water partition coefficient (Wildman–Crippen LogP) is 3.39. The summed E-state index contributed by atoms with van der Waals surface area (Å²) in [6.07, 6.45) is 2.70. The fourth-order valence-electron chi connectivity index (χ4n) is 3.61. The summed E-state index contributed by atoms with van der Waals surface area (Å²) >= 11 is 0. The zero-order valence-corrected chi connectivity index (χ0v) is 21.2. The Balaban J connectivity index is 0.00000341. The first kappa shape index (κ1) is 25.4. The molecule has 174 valence electrons. The van der Waals surface area contributed by atoms with Crippen molar-refractivity contribution in [1.29, 1.82) is 0 Å². The number of nitrogens with zero attached hydrogens (tertiary/aromatic N) is 2. The van der Waals surface area contributed by atoms with E-state index in [1.807, 2.05) is 37.8 Å². The van der Waals surface area contributed by atoms with Crippen molar-refractivity contribution in [2.24, 2.45) is 10.9 Å². The van der Waals surface area contributed by atoms with E-state index >= 15 is 0 Å². The van der Waals surface area contributed by atoms with E-state index in [0.29, 0.717) is 19.3 Å². The van der Waals surface area contributed by atoms with Crippen LogP contribution in [-0.4, -0.2) is 62.6 Å². The van der Waals surface area contributed by atoms with Gasteiger partial charge in [0.15, 0.2) is 17.5 Å². The van der Waals surface area contributed by atoms with Crippen LogP contribution in [0.2, 0.25) is 0 Å². The van der Waals surface area contributed by atoms with Gasteiger partial charge in [0.25, 0.3) is 0 Å². The molecular formula is C22H35IN4O4. The van der Waals surface area contributed by atoms with E-state index in [1.54, 1.807) is 7.05 Å².